The summed E-state index contributed by atoms with van der Waals surface area (Å²) in [5, 5.41) is 19.7. The summed E-state index contributed by atoms with van der Waals surface area (Å²) in [5.41, 5.74) is 2.04. The standard InChI is InChI=1S/C23H19N3O5/c24-13-16(23-25-17-4-1-2-5-18(17)26-23)19(27)14-31-22(28)9-7-15-6-8-20-21(12-15)30-11-3-10-29-20/h1-2,4-9,12,27H,3,10-11,14H2,(H,25,26)/b9-7+,19-16-. The minimum absolute atomic E-state index is 0.0871. The van der Waals surface area contributed by atoms with E-state index in [1.54, 1.807) is 30.3 Å². The lowest BCUT2D eigenvalue weighted by Gasteiger charge is -2.07. The van der Waals surface area contributed by atoms with E-state index in [4.69, 9.17) is 14.2 Å². The van der Waals surface area contributed by atoms with Gasteiger partial charge in [-0.3, -0.25) is 0 Å². The number of aromatic nitrogens is 2. The number of benzene rings is 2. The third-order valence-corrected chi connectivity index (χ3v) is 4.56. The van der Waals surface area contributed by atoms with E-state index in [2.05, 4.69) is 9.97 Å². The van der Waals surface area contributed by atoms with Crippen molar-refractivity contribution in [1.82, 2.24) is 9.97 Å². The number of aliphatic hydroxyl groups is 1. The second kappa shape index (κ2) is 9.05. The van der Waals surface area contributed by atoms with E-state index in [1.165, 1.54) is 6.08 Å². The number of nitrogens with zero attached hydrogens (tertiary/aromatic N) is 2. The van der Waals surface area contributed by atoms with E-state index in [0.717, 1.165) is 17.5 Å². The molecule has 0 amide bonds. The van der Waals surface area contributed by atoms with Crippen LogP contribution in [0.15, 0.2) is 54.3 Å². The molecular weight excluding hydrogens is 398 g/mol. The number of carbonyl (C=O) groups is 1. The summed E-state index contributed by atoms with van der Waals surface area (Å²) in [5.74, 6) is 0.444. The predicted molar refractivity (Wildman–Crippen MR) is 113 cm³/mol. The molecule has 0 atom stereocenters. The summed E-state index contributed by atoms with van der Waals surface area (Å²) in [7, 11) is 0. The van der Waals surface area contributed by atoms with Crippen LogP contribution in [0.1, 0.15) is 17.8 Å². The number of hydrogen-bond donors (Lipinski definition) is 2. The Balaban J connectivity index is 1.41. The first-order valence-corrected chi connectivity index (χ1v) is 9.66. The molecule has 1 aliphatic heterocycles. The van der Waals surface area contributed by atoms with E-state index < -0.39 is 12.6 Å². The van der Waals surface area contributed by atoms with Crippen LogP contribution in [0.25, 0.3) is 22.7 Å². The zero-order chi connectivity index (χ0) is 21.6. The first-order chi connectivity index (χ1) is 15.1. The number of fused-ring (bicyclic) bond motifs is 2. The van der Waals surface area contributed by atoms with Crippen LogP contribution in [0.4, 0.5) is 0 Å². The second-order valence-electron chi connectivity index (χ2n) is 6.73. The molecule has 8 nitrogen and oxygen atoms in total. The first kappa shape index (κ1) is 20.0. The van der Waals surface area contributed by atoms with Crippen molar-refractivity contribution in [3.63, 3.8) is 0 Å². The van der Waals surface area contributed by atoms with Gasteiger partial charge in [0.15, 0.2) is 23.1 Å². The summed E-state index contributed by atoms with van der Waals surface area (Å²) in [6.07, 6.45) is 3.61. The van der Waals surface area contributed by atoms with Gasteiger partial charge in [0.25, 0.3) is 0 Å². The van der Waals surface area contributed by atoms with E-state index in [-0.39, 0.29) is 17.2 Å². The van der Waals surface area contributed by atoms with Crippen molar-refractivity contribution in [2.45, 2.75) is 6.42 Å². The van der Waals surface area contributed by atoms with Crippen LogP contribution in [0.3, 0.4) is 0 Å². The average Bonchev–Trinajstić information content (AvgIpc) is 3.06. The number of ether oxygens (including phenoxy) is 3. The van der Waals surface area contributed by atoms with E-state index in [9.17, 15) is 15.2 Å². The zero-order valence-corrected chi connectivity index (χ0v) is 16.5. The van der Waals surface area contributed by atoms with Gasteiger partial charge in [0.05, 0.1) is 24.2 Å². The fraction of sp³-hybridized carbons (Fsp3) is 0.174. The molecule has 0 fully saturated rings. The molecule has 0 unspecified atom stereocenters. The molecule has 0 spiro atoms. The summed E-state index contributed by atoms with van der Waals surface area (Å²) in [4.78, 5) is 19.3. The van der Waals surface area contributed by atoms with Gasteiger partial charge in [0.1, 0.15) is 18.2 Å². The van der Waals surface area contributed by atoms with E-state index in [1.807, 2.05) is 24.3 Å². The van der Waals surface area contributed by atoms with Gasteiger partial charge in [0.2, 0.25) is 0 Å². The van der Waals surface area contributed by atoms with Gasteiger partial charge in [-0.15, -0.1) is 0 Å². The number of carbonyl (C=O) groups excluding carboxylic acids is 1. The van der Waals surface area contributed by atoms with Gasteiger partial charge in [0, 0.05) is 12.5 Å². The number of nitrogens with one attached hydrogen (secondary N) is 1. The summed E-state index contributed by atoms with van der Waals surface area (Å²) < 4.78 is 16.3. The summed E-state index contributed by atoms with van der Waals surface area (Å²) in [6.45, 7) is 0.717. The van der Waals surface area contributed by atoms with Crippen molar-refractivity contribution in [3.8, 4) is 17.6 Å². The Morgan fingerprint density at radius 1 is 1.23 bits per heavy atom. The number of para-hydroxylation sites is 2. The molecule has 1 aliphatic rings. The lowest BCUT2D eigenvalue weighted by Crippen LogP contribution is -2.06. The lowest BCUT2D eigenvalue weighted by atomic mass is 10.2. The van der Waals surface area contributed by atoms with Crippen molar-refractivity contribution in [2.24, 2.45) is 0 Å². The minimum Gasteiger partial charge on any atom is -0.507 e. The SMILES string of the molecule is N#C/C(=C(/O)COC(=O)/C=C/c1ccc2c(c1)OCCCO2)c1nc2ccccc2[nH]1. The first-order valence-electron chi connectivity index (χ1n) is 9.66. The maximum Gasteiger partial charge on any atom is 0.331 e. The maximum atomic E-state index is 12.0. The topological polar surface area (TPSA) is 117 Å². The van der Waals surface area contributed by atoms with Gasteiger partial charge in [-0.1, -0.05) is 18.2 Å². The van der Waals surface area contributed by atoms with Crippen LogP contribution in [0.2, 0.25) is 0 Å². The maximum absolute atomic E-state index is 12.0. The van der Waals surface area contributed by atoms with Crippen molar-refractivity contribution < 1.29 is 24.1 Å². The van der Waals surface area contributed by atoms with Gasteiger partial charge in [-0.2, -0.15) is 5.26 Å². The average molecular weight is 417 g/mol. The number of hydrogen-bond acceptors (Lipinski definition) is 7. The van der Waals surface area contributed by atoms with Gasteiger partial charge in [-0.25, -0.2) is 9.78 Å². The summed E-state index contributed by atoms with van der Waals surface area (Å²) >= 11 is 0. The van der Waals surface area contributed by atoms with Crippen molar-refractivity contribution in [2.75, 3.05) is 19.8 Å². The highest BCUT2D eigenvalue weighted by molar-refractivity contribution is 5.87. The van der Waals surface area contributed by atoms with Crippen LogP contribution in [0, 0.1) is 11.3 Å². The Bertz CT molecular complexity index is 1190. The number of rotatable bonds is 5. The number of aromatic amines is 1. The highest BCUT2D eigenvalue weighted by Gasteiger charge is 2.14. The van der Waals surface area contributed by atoms with Gasteiger partial charge < -0.3 is 24.3 Å². The van der Waals surface area contributed by atoms with Gasteiger partial charge in [-0.05, 0) is 35.9 Å². The molecule has 0 radical (unpaired) electrons. The smallest absolute Gasteiger partial charge is 0.331 e. The Hall–Kier alpha value is -4.25. The third kappa shape index (κ3) is 4.67. The lowest BCUT2D eigenvalue weighted by molar-refractivity contribution is -0.137. The molecule has 2 N–H and O–H groups in total. The van der Waals surface area contributed by atoms with Crippen molar-refractivity contribution >= 4 is 28.7 Å². The number of imidazole rings is 1. The molecule has 1 aromatic heterocycles. The number of H-pyrrole nitrogens is 1. The molecule has 0 aliphatic carbocycles. The number of allylic oxidation sites excluding steroid dienone is 1. The molecule has 156 valence electrons. The highest BCUT2D eigenvalue weighted by Crippen LogP contribution is 2.30. The molecule has 31 heavy (non-hydrogen) atoms. The molecule has 4 rings (SSSR count). The van der Waals surface area contributed by atoms with Crippen LogP contribution in [-0.2, 0) is 9.53 Å². The van der Waals surface area contributed by atoms with Crippen LogP contribution in [-0.4, -0.2) is 40.9 Å². The Morgan fingerprint density at radius 2 is 2.03 bits per heavy atom. The van der Waals surface area contributed by atoms with E-state index in [0.29, 0.717) is 30.2 Å². The highest BCUT2D eigenvalue weighted by atomic mass is 16.5. The zero-order valence-electron chi connectivity index (χ0n) is 16.5. The third-order valence-electron chi connectivity index (χ3n) is 4.56. The molecule has 3 aromatic rings. The Kier molecular flexibility index (Phi) is 5.85. The van der Waals surface area contributed by atoms with Crippen molar-refractivity contribution in [3.05, 3.63) is 65.7 Å². The normalized spacial score (nSPS) is 14.0. The molecule has 2 heterocycles. The number of nitriles is 1. The van der Waals surface area contributed by atoms with Crippen LogP contribution < -0.4 is 9.47 Å². The quantitative estimate of drug-likeness (QED) is 0.281. The predicted octanol–water partition coefficient (Wildman–Crippen LogP) is 3.77. The molecule has 0 saturated heterocycles. The Labute approximate surface area is 178 Å². The van der Waals surface area contributed by atoms with Gasteiger partial charge >= 0.3 is 5.97 Å². The summed E-state index contributed by atoms with van der Waals surface area (Å²) in [6, 6.07) is 14.5. The molecule has 0 bridgehead atoms. The monoisotopic (exact) mass is 417 g/mol. The Morgan fingerprint density at radius 3 is 2.84 bits per heavy atom. The number of esters is 1. The fourth-order valence-electron chi connectivity index (χ4n) is 3.03. The fourth-order valence-corrected chi connectivity index (χ4v) is 3.03. The molecular formula is C23H19N3O5. The molecule has 0 saturated carbocycles. The largest absolute Gasteiger partial charge is 0.507 e. The van der Waals surface area contributed by atoms with Crippen LogP contribution >= 0.6 is 0 Å². The van der Waals surface area contributed by atoms with Crippen LogP contribution in [0.5, 0.6) is 11.5 Å². The molecule has 8 heteroatoms. The molecule has 2 aromatic carbocycles. The number of aliphatic hydroxyl groups excluding tert-OH is 1. The second-order valence-corrected chi connectivity index (χ2v) is 6.73. The minimum atomic E-state index is -0.666. The van der Waals surface area contributed by atoms with E-state index >= 15 is 0 Å². The van der Waals surface area contributed by atoms with Crippen molar-refractivity contribution in [1.29, 1.82) is 5.26 Å².